The van der Waals surface area contributed by atoms with Crippen LogP contribution in [0.2, 0.25) is 5.02 Å². The van der Waals surface area contributed by atoms with Crippen molar-refractivity contribution in [1.29, 1.82) is 0 Å². The van der Waals surface area contributed by atoms with Crippen LogP contribution in [0.5, 0.6) is 5.75 Å². The average molecular weight is 559 g/mol. The molecular weight excluding hydrogens is 543 g/mol. The lowest BCUT2D eigenvalue weighted by Gasteiger charge is -2.18. The Balaban J connectivity index is 1.82. The zero-order valence-corrected chi connectivity index (χ0v) is 19.9. The summed E-state index contributed by atoms with van der Waals surface area (Å²) in [6.45, 7) is -0.212. The summed E-state index contributed by atoms with van der Waals surface area (Å²) in [5.74, 6) is -2.66. The lowest BCUT2D eigenvalue weighted by Crippen LogP contribution is -2.27. The van der Waals surface area contributed by atoms with Crippen molar-refractivity contribution in [2.75, 3.05) is 0 Å². The number of carboxylic acid groups (broad SMARTS) is 1. The molecule has 0 atom stereocenters. The van der Waals surface area contributed by atoms with Gasteiger partial charge in [-0.3, -0.25) is 4.98 Å². The van der Waals surface area contributed by atoms with E-state index in [0.717, 1.165) is 42.6 Å². The maximum Gasteiger partial charge on any atom is 0.433 e. The van der Waals surface area contributed by atoms with Gasteiger partial charge in [-0.2, -0.15) is 26.3 Å². The van der Waals surface area contributed by atoms with Gasteiger partial charge in [-0.1, -0.05) is 17.7 Å². The van der Waals surface area contributed by atoms with E-state index in [1.54, 1.807) is 0 Å². The van der Waals surface area contributed by atoms with E-state index < -0.39 is 41.0 Å². The van der Waals surface area contributed by atoms with E-state index in [2.05, 4.69) is 4.98 Å². The molecule has 2 aromatic carbocycles. The summed E-state index contributed by atoms with van der Waals surface area (Å²) >= 11 is 6.02. The number of carboxylic acids is 1. The van der Waals surface area contributed by atoms with Crippen molar-refractivity contribution < 1.29 is 45.4 Å². The third kappa shape index (κ3) is 5.77. The largest absolute Gasteiger partial charge is 0.545 e. The van der Waals surface area contributed by atoms with Gasteiger partial charge in [-0.15, -0.1) is 0 Å². The highest BCUT2D eigenvalue weighted by Crippen LogP contribution is 2.45. The number of benzene rings is 2. The molecule has 0 bridgehead atoms. The van der Waals surface area contributed by atoms with Gasteiger partial charge in [0.25, 0.3) is 0 Å². The lowest BCUT2D eigenvalue weighted by atomic mass is 9.94. The molecule has 0 saturated heterocycles. The molecule has 3 aromatic rings. The van der Waals surface area contributed by atoms with Crippen molar-refractivity contribution in [2.45, 2.75) is 38.2 Å². The topological polar surface area (TPSA) is 62.2 Å². The highest BCUT2D eigenvalue weighted by atomic mass is 35.5. The van der Waals surface area contributed by atoms with Gasteiger partial charge < -0.3 is 14.6 Å². The van der Waals surface area contributed by atoms with Crippen molar-refractivity contribution in [1.82, 2.24) is 4.98 Å². The van der Waals surface area contributed by atoms with Crippen LogP contribution in [0.1, 0.15) is 57.6 Å². The molecule has 4 nitrogen and oxygen atoms in total. The Labute approximate surface area is 216 Å². The maximum absolute atomic E-state index is 13.5. The van der Waals surface area contributed by atoms with Gasteiger partial charge in [0.15, 0.2) is 5.69 Å². The molecule has 0 unspecified atom stereocenters. The van der Waals surface area contributed by atoms with E-state index >= 15 is 0 Å². The van der Waals surface area contributed by atoms with Gasteiger partial charge in [0.05, 0.1) is 16.6 Å². The normalized spacial score (nSPS) is 14.2. The number of hydrogen-bond acceptors (Lipinski definition) is 4. The highest BCUT2D eigenvalue weighted by molar-refractivity contribution is 6.31. The van der Waals surface area contributed by atoms with Crippen LogP contribution in [-0.4, -0.2) is 11.0 Å². The van der Waals surface area contributed by atoms with Gasteiger partial charge >= 0.3 is 12.4 Å². The number of allylic oxidation sites excluding steroid dienone is 2. The summed E-state index contributed by atoms with van der Waals surface area (Å²) in [5.41, 5.74) is -2.74. The van der Waals surface area contributed by atoms with Crippen molar-refractivity contribution in [3.63, 3.8) is 0 Å². The molecule has 4 rings (SSSR count). The monoisotopic (exact) mass is 558 g/mol. The van der Waals surface area contributed by atoms with Crippen molar-refractivity contribution in [2.24, 2.45) is 0 Å². The zero-order valence-electron chi connectivity index (χ0n) is 19.1. The van der Waals surface area contributed by atoms with E-state index in [4.69, 9.17) is 16.3 Å². The van der Waals surface area contributed by atoms with E-state index in [0.29, 0.717) is 23.1 Å². The minimum absolute atomic E-state index is 0.00893. The van der Waals surface area contributed by atoms with E-state index in [1.165, 1.54) is 6.07 Å². The minimum atomic E-state index is -5.05. The average Bonchev–Trinajstić information content (AvgIpc) is 3.31. The first kappa shape index (κ1) is 27.4. The summed E-state index contributed by atoms with van der Waals surface area (Å²) < 4.78 is 99.4. The molecule has 12 heteroatoms. The standard InChI is InChI=1S/C26H17ClF7NO3/c27-21-10-16(28)6-4-13(21)12-38-22-7-5-15(25(29,30)31)9-19(22)18-3-1-2-17(18)14-8-20(24(36)37)23(35-11-14)26(32,33)34/h4-11H,1-3,12H2,(H,36,37)/p-1. The fourth-order valence-corrected chi connectivity index (χ4v) is 4.45. The van der Waals surface area contributed by atoms with Crippen LogP contribution >= 0.6 is 11.6 Å². The molecule has 38 heavy (non-hydrogen) atoms. The van der Waals surface area contributed by atoms with Crippen LogP contribution in [-0.2, 0) is 19.0 Å². The number of aromatic nitrogens is 1. The summed E-state index contributed by atoms with van der Waals surface area (Å²) in [7, 11) is 0. The maximum atomic E-state index is 13.5. The summed E-state index contributed by atoms with van der Waals surface area (Å²) in [6.07, 6.45) is -8.00. The second-order valence-electron chi connectivity index (χ2n) is 8.45. The molecule has 200 valence electrons. The number of nitrogens with zero attached hydrogens (tertiary/aromatic N) is 1. The Morgan fingerprint density at radius 1 is 0.974 bits per heavy atom. The first-order chi connectivity index (χ1) is 17.8. The third-order valence-electron chi connectivity index (χ3n) is 5.97. The number of halogens is 8. The molecule has 0 N–H and O–H groups in total. The van der Waals surface area contributed by atoms with Gasteiger partial charge in [-0.05, 0) is 72.4 Å². The number of alkyl halides is 6. The number of pyridine rings is 1. The molecule has 1 aliphatic carbocycles. The van der Waals surface area contributed by atoms with Crippen LogP contribution in [0.15, 0.2) is 48.7 Å². The van der Waals surface area contributed by atoms with Crippen LogP contribution < -0.4 is 9.84 Å². The van der Waals surface area contributed by atoms with E-state index in [1.807, 2.05) is 0 Å². The predicted molar refractivity (Wildman–Crippen MR) is 121 cm³/mol. The Kier molecular flexibility index (Phi) is 7.42. The Morgan fingerprint density at radius 2 is 1.68 bits per heavy atom. The van der Waals surface area contributed by atoms with Gasteiger partial charge in [0.1, 0.15) is 18.2 Å². The van der Waals surface area contributed by atoms with Crippen molar-refractivity contribution >= 4 is 28.7 Å². The molecule has 0 spiro atoms. The Hall–Kier alpha value is -3.60. The third-order valence-corrected chi connectivity index (χ3v) is 6.32. The lowest BCUT2D eigenvalue weighted by molar-refractivity contribution is -0.255. The second-order valence-corrected chi connectivity index (χ2v) is 8.86. The molecular formula is C26H16ClF7NO3-. The number of hydrogen-bond donors (Lipinski definition) is 0. The van der Waals surface area contributed by atoms with Crippen LogP contribution in [0.4, 0.5) is 30.7 Å². The van der Waals surface area contributed by atoms with Crippen LogP contribution in [0, 0.1) is 5.82 Å². The Morgan fingerprint density at radius 3 is 2.32 bits per heavy atom. The molecule has 0 radical (unpaired) electrons. The molecule has 0 saturated carbocycles. The smallest absolute Gasteiger partial charge is 0.433 e. The molecule has 0 aliphatic heterocycles. The number of ether oxygens (including phenoxy) is 1. The SMILES string of the molecule is O=C([O-])c1cc(C2=C(c3cc(C(F)(F)F)ccc3OCc3ccc(F)cc3Cl)CCC2)cnc1C(F)(F)F. The summed E-state index contributed by atoms with van der Waals surface area (Å²) in [5, 5.41) is 11.5. The first-order valence-electron chi connectivity index (χ1n) is 11.0. The van der Waals surface area contributed by atoms with Gasteiger partial charge in [0, 0.05) is 22.9 Å². The van der Waals surface area contributed by atoms with Crippen LogP contribution in [0.25, 0.3) is 11.1 Å². The van der Waals surface area contributed by atoms with Crippen LogP contribution in [0.3, 0.4) is 0 Å². The summed E-state index contributed by atoms with van der Waals surface area (Å²) in [4.78, 5) is 14.7. The number of carbonyl (C=O) groups excluding carboxylic acids is 1. The predicted octanol–water partition coefficient (Wildman–Crippen LogP) is 6.95. The van der Waals surface area contributed by atoms with E-state index in [-0.39, 0.29) is 41.3 Å². The highest BCUT2D eigenvalue weighted by Gasteiger charge is 2.36. The molecule has 1 heterocycles. The van der Waals surface area contributed by atoms with Crippen molar-refractivity contribution in [3.8, 4) is 5.75 Å². The number of rotatable bonds is 6. The fourth-order valence-electron chi connectivity index (χ4n) is 4.23. The quantitative estimate of drug-likeness (QED) is 0.307. The van der Waals surface area contributed by atoms with Gasteiger partial charge in [-0.25, -0.2) is 4.39 Å². The fraction of sp³-hybridized carbons (Fsp3) is 0.231. The molecule has 1 aromatic heterocycles. The first-order valence-corrected chi connectivity index (χ1v) is 11.4. The number of aromatic carboxylic acids is 1. The van der Waals surface area contributed by atoms with E-state index in [9.17, 15) is 40.6 Å². The summed E-state index contributed by atoms with van der Waals surface area (Å²) in [6, 6.07) is 7.10. The number of carbonyl (C=O) groups is 1. The Bertz CT molecular complexity index is 1430. The minimum Gasteiger partial charge on any atom is -0.545 e. The zero-order chi connectivity index (χ0) is 27.8. The molecule has 1 aliphatic rings. The molecule has 0 amide bonds. The second kappa shape index (κ2) is 10.3. The van der Waals surface area contributed by atoms with Gasteiger partial charge in [0.2, 0.25) is 0 Å². The molecule has 0 fully saturated rings. The van der Waals surface area contributed by atoms with Crippen molar-refractivity contribution in [3.05, 3.63) is 93.0 Å².